The van der Waals surface area contributed by atoms with Crippen LogP contribution in [0.1, 0.15) is 30.5 Å². The third kappa shape index (κ3) is 6.44. The molecule has 2 N–H and O–H groups in total. The highest BCUT2D eigenvalue weighted by atomic mass is 35.5. The third-order valence-electron chi connectivity index (χ3n) is 4.38. The summed E-state index contributed by atoms with van der Waals surface area (Å²) < 4.78 is 0. The third-order valence-corrected chi connectivity index (χ3v) is 5.29. The van der Waals surface area contributed by atoms with Gasteiger partial charge in [0, 0.05) is 31.4 Å². The van der Waals surface area contributed by atoms with E-state index in [1.54, 1.807) is 4.90 Å². The monoisotopic (exact) mass is 444 g/mol. The molecule has 0 unspecified atom stereocenters. The number of anilines is 1. The molecule has 1 aliphatic rings. The molecule has 2 amide bonds. The van der Waals surface area contributed by atoms with Crippen molar-refractivity contribution < 1.29 is 9.59 Å². The van der Waals surface area contributed by atoms with Gasteiger partial charge in [-0.25, -0.2) is 4.98 Å². The number of amides is 2. The first-order valence-corrected chi connectivity index (χ1v) is 9.82. The van der Waals surface area contributed by atoms with Crippen LogP contribution in [0.3, 0.4) is 0 Å². The molecule has 1 aliphatic heterocycles. The van der Waals surface area contributed by atoms with Crippen LogP contribution in [-0.4, -0.2) is 41.3 Å². The average Bonchev–Trinajstić information content (AvgIpc) is 3.28. The summed E-state index contributed by atoms with van der Waals surface area (Å²) in [5.41, 5.74) is 7.44. The number of benzene rings is 1. The minimum Gasteiger partial charge on any atom is -0.338 e. The van der Waals surface area contributed by atoms with E-state index in [0.29, 0.717) is 31.2 Å². The summed E-state index contributed by atoms with van der Waals surface area (Å²) in [7, 11) is 0. The SMILES string of the molecule is Cl.Cl.NCCCN(Cc1ccccc1)C(=O)Cc1csc(N2CCCC2=O)n1. The van der Waals surface area contributed by atoms with Gasteiger partial charge in [-0.15, -0.1) is 36.2 Å². The van der Waals surface area contributed by atoms with Gasteiger partial charge in [-0.1, -0.05) is 30.3 Å². The molecule has 9 heteroatoms. The van der Waals surface area contributed by atoms with Crippen LogP contribution >= 0.6 is 36.2 Å². The Hall–Kier alpha value is -1.67. The van der Waals surface area contributed by atoms with Crippen molar-refractivity contribution in [1.29, 1.82) is 0 Å². The van der Waals surface area contributed by atoms with E-state index in [0.717, 1.165) is 30.6 Å². The Labute approximate surface area is 181 Å². The van der Waals surface area contributed by atoms with E-state index in [1.807, 2.05) is 40.6 Å². The molecule has 2 aromatic rings. The van der Waals surface area contributed by atoms with Gasteiger partial charge in [-0.3, -0.25) is 14.5 Å². The predicted octanol–water partition coefficient (Wildman–Crippen LogP) is 3.03. The van der Waals surface area contributed by atoms with Crippen molar-refractivity contribution in [2.24, 2.45) is 5.73 Å². The number of thiazole rings is 1. The largest absolute Gasteiger partial charge is 0.338 e. The molecule has 1 fully saturated rings. The maximum Gasteiger partial charge on any atom is 0.228 e. The molecule has 154 valence electrons. The van der Waals surface area contributed by atoms with Crippen LogP contribution in [0.4, 0.5) is 5.13 Å². The highest BCUT2D eigenvalue weighted by molar-refractivity contribution is 7.14. The van der Waals surface area contributed by atoms with Crippen molar-refractivity contribution in [3.05, 3.63) is 47.0 Å². The Morgan fingerprint density at radius 3 is 2.64 bits per heavy atom. The number of hydrogen-bond acceptors (Lipinski definition) is 5. The van der Waals surface area contributed by atoms with Gasteiger partial charge in [-0.05, 0) is 24.9 Å². The Bertz CT molecular complexity index is 757. The quantitative estimate of drug-likeness (QED) is 0.678. The van der Waals surface area contributed by atoms with Gasteiger partial charge in [0.1, 0.15) is 0 Å². The minimum atomic E-state index is 0. The lowest BCUT2D eigenvalue weighted by Crippen LogP contribution is -2.33. The first-order chi connectivity index (χ1) is 12.7. The fraction of sp³-hybridized carbons (Fsp3) is 0.421. The number of aromatic nitrogens is 1. The fourth-order valence-electron chi connectivity index (χ4n) is 3.00. The normalized spacial score (nSPS) is 13.0. The van der Waals surface area contributed by atoms with Crippen molar-refractivity contribution in [3.63, 3.8) is 0 Å². The number of hydrogen-bond donors (Lipinski definition) is 1. The van der Waals surface area contributed by atoms with E-state index in [-0.39, 0.29) is 43.0 Å². The van der Waals surface area contributed by atoms with E-state index < -0.39 is 0 Å². The highest BCUT2D eigenvalue weighted by Crippen LogP contribution is 2.25. The molecule has 0 saturated carbocycles. The number of halogens is 2. The van der Waals surface area contributed by atoms with Gasteiger partial charge in [0.15, 0.2) is 5.13 Å². The second-order valence-electron chi connectivity index (χ2n) is 6.39. The van der Waals surface area contributed by atoms with Crippen molar-refractivity contribution in [1.82, 2.24) is 9.88 Å². The molecule has 0 radical (unpaired) electrons. The number of nitrogens with two attached hydrogens (primary N) is 1. The molecule has 1 saturated heterocycles. The van der Waals surface area contributed by atoms with Crippen LogP contribution in [0.5, 0.6) is 0 Å². The molecule has 2 heterocycles. The van der Waals surface area contributed by atoms with Crippen molar-refractivity contribution in [2.45, 2.75) is 32.2 Å². The Morgan fingerprint density at radius 1 is 1.25 bits per heavy atom. The van der Waals surface area contributed by atoms with Crippen LogP contribution in [0.15, 0.2) is 35.7 Å². The van der Waals surface area contributed by atoms with Crippen LogP contribution in [0.2, 0.25) is 0 Å². The van der Waals surface area contributed by atoms with Gasteiger partial charge < -0.3 is 10.6 Å². The summed E-state index contributed by atoms with van der Waals surface area (Å²) in [6.45, 7) is 2.47. The van der Waals surface area contributed by atoms with Crippen LogP contribution < -0.4 is 10.6 Å². The molecule has 3 rings (SSSR count). The second kappa shape index (κ2) is 12.0. The van der Waals surface area contributed by atoms with E-state index >= 15 is 0 Å². The summed E-state index contributed by atoms with van der Waals surface area (Å²) >= 11 is 1.43. The average molecular weight is 445 g/mol. The number of rotatable bonds is 8. The Kier molecular flexibility index (Phi) is 10.5. The lowest BCUT2D eigenvalue weighted by molar-refractivity contribution is -0.131. The zero-order chi connectivity index (χ0) is 18.4. The lowest BCUT2D eigenvalue weighted by atomic mass is 10.2. The van der Waals surface area contributed by atoms with Gasteiger partial charge in [0.2, 0.25) is 11.8 Å². The summed E-state index contributed by atoms with van der Waals surface area (Å²) in [5.74, 6) is 0.151. The number of nitrogens with zero attached hydrogens (tertiary/aromatic N) is 3. The molecule has 28 heavy (non-hydrogen) atoms. The van der Waals surface area contributed by atoms with Gasteiger partial charge in [0.05, 0.1) is 12.1 Å². The standard InChI is InChI=1S/C19H24N4O2S.2ClH/c20-9-5-10-22(13-15-6-2-1-3-7-15)18(25)12-16-14-26-19(21-16)23-11-4-8-17(23)24;;/h1-3,6-7,14H,4-5,8-13,20H2;2*1H. The molecule has 0 aliphatic carbocycles. The molecule has 0 atom stereocenters. The molecule has 0 bridgehead atoms. The van der Waals surface area contributed by atoms with Gasteiger partial charge in [0.25, 0.3) is 0 Å². The van der Waals surface area contributed by atoms with Crippen LogP contribution in [0, 0.1) is 0 Å². The van der Waals surface area contributed by atoms with E-state index in [1.165, 1.54) is 11.3 Å². The van der Waals surface area contributed by atoms with E-state index in [4.69, 9.17) is 5.73 Å². The smallest absolute Gasteiger partial charge is 0.228 e. The zero-order valence-electron chi connectivity index (χ0n) is 15.6. The van der Waals surface area contributed by atoms with Crippen molar-refractivity contribution in [2.75, 3.05) is 24.5 Å². The lowest BCUT2D eigenvalue weighted by Gasteiger charge is -2.22. The number of carbonyl (C=O) groups is 2. The summed E-state index contributed by atoms with van der Waals surface area (Å²) in [6.07, 6.45) is 2.47. The van der Waals surface area contributed by atoms with E-state index in [2.05, 4.69) is 4.98 Å². The van der Waals surface area contributed by atoms with Gasteiger partial charge in [-0.2, -0.15) is 0 Å². The predicted molar refractivity (Wildman–Crippen MR) is 117 cm³/mol. The topological polar surface area (TPSA) is 79.5 Å². The first kappa shape index (κ1) is 24.4. The number of carbonyl (C=O) groups excluding carboxylic acids is 2. The summed E-state index contributed by atoms with van der Waals surface area (Å²) in [5, 5.41) is 2.58. The molecular weight excluding hydrogens is 419 g/mol. The maximum absolute atomic E-state index is 12.8. The molecule has 1 aromatic heterocycles. The van der Waals surface area contributed by atoms with Gasteiger partial charge >= 0.3 is 0 Å². The Morgan fingerprint density at radius 2 is 2.00 bits per heavy atom. The zero-order valence-corrected chi connectivity index (χ0v) is 18.0. The van der Waals surface area contributed by atoms with Crippen LogP contribution in [0.25, 0.3) is 0 Å². The minimum absolute atomic E-state index is 0. The van der Waals surface area contributed by atoms with Crippen molar-refractivity contribution in [3.8, 4) is 0 Å². The van der Waals surface area contributed by atoms with E-state index in [9.17, 15) is 9.59 Å². The molecule has 6 nitrogen and oxygen atoms in total. The molecule has 0 spiro atoms. The summed E-state index contributed by atoms with van der Waals surface area (Å²) in [4.78, 5) is 32.7. The fourth-order valence-corrected chi connectivity index (χ4v) is 3.86. The maximum atomic E-state index is 12.8. The highest BCUT2D eigenvalue weighted by Gasteiger charge is 2.25. The first-order valence-electron chi connectivity index (χ1n) is 8.94. The van der Waals surface area contributed by atoms with Crippen molar-refractivity contribution >= 4 is 53.1 Å². The molecular formula is C19H26Cl2N4O2S. The second-order valence-corrected chi connectivity index (χ2v) is 7.23. The van der Waals surface area contributed by atoms with Crippen LogP contribution in [-0.2, 0) is 22.6 Å². The molecule has 1 aromatic carbocycles. The summed E-state index contributed by atoms with van der Waals surface area (Å²) in [6, 6.07) is 9.94. The Balaban J connectivity index is 0.00000196.